The molecular formula is C21H25N3O2Re2SVW-2. The molecule has 1 aromatic heterocycles. The second-order valence-electron chi connectivity index (χ2n) is 5.36. The molecule has 3 radical (unpaired) electrons. The van der Waals surface area contributed by atoms with Crippen molar-refractivity contribution in [1.29, 1.82) is 0 Å². The first kappa shape index (κ1) is 38.2. The Morgan fingerprint density at radius 1 is 0.968 bits per heavy atom. The first-order chi connectivity index (χ1) is 12.6. The smallest absolute Gasteiger partial charge is 0.709 e. The van der Waals surface area contributed by atoms with Crippen LogP contribution < -0.4 is 5.32 Å². The number of hydrogen-bond donors (Lipinski definition) is 1. The van der Waals surface area contributed by atoms with Gasteiger partial charge in [-0.25, -0.2) is 10.7 Å². The molecule has 0 unspecified atom stereocenters. The van der Waals surface area contributed by atoms with E-state index in [9.17, 15) is 0 Å². The molecule has 1 heterocycles. The first-order valence-electron chi connectivity index (χ1n) is 7.94. The van der Waals surface area contributed by atoms with Crippen molar-refractivity contribution >= 4 is 27.8 Å². The van der Waals surface area contributed by atoms with Gasteiger partial charge in [0.1, 0.15) is 0 Å². The minimum absolute atomic E-state index is 0. The molecule has 3 aromatic rings. The molecule has 0 saturated carbocycles. The van der Waals surface area contributed by atoms with E-state index in [1.807, 2.05) is 49.5 Å². The van der Waals surface area contributed by atoms with Crippen molar-refractivity contribution in [1.82, 2.24) is 4.98 Å². The molecule has 3 rings (SSSR count). The third-order valence-corrected chi connectivity index (χ3v) is 3.98. The van der Waals surface area contributed by atoms with E-state index in [0.717, 1.165) is 21.9 Å². The Hall–Kier alpha value is -0.0726. The van der Waals surface area contributed by atoms with Crippen molar-refractivity contribution in [2.45, 2.75) is 6.92 Å². The van der Waals surface area contributed by atoms with Gasteiger partial charge in [-0.2, -0.15) is 29.3 Å². The molecule has 0 bridgehead atoms. The fraction of sp³-hybridized carbons (Fsp3) is 0.143. The summed E-state index contributed by atoms with van der Waals surface area (Å²) in [4.78, 5) is 5.45. The second-order valence-corrected chi connectivity index (χ2v) is 6.59. The molecule has 10 heteroatoms. The van der Waals surface area contributed by atoms with E-state index in [1.165, 1.54) is 4.88 Å². The fourth-order valence-electron chi connectivity index (χ4n) is 2.11. The number of aryl methyl sites for hydroxylation is 1. The minimum atomic E-state index is 0. The van der Waals surface area contributed by atoms with Crippen LogP contribution in [-0.4, -0.2) is 19.2 Å². The zero-order valence-corrected chi connectivity index (χ0v) is 28.2. The maximum atomic E-state index is 7.24. The van der Waals surface area contributed by atoms with Crippen LogP contribution in [0.3, 0.4) is 0 Å². The molecule has 2 N–H and O–H groups in total. The fourth-order valence-corrected chi connectivity index (χ4v) is 2.79. The summed E-state index contributed by atoms with van der Waals surface area (Å²) in [5.74, 6) is 0. The predicted molar refractivity (Wildman–Crippen MR) is 114 cm³/mol. The van der Waals surface area contributed by atoms with Gasteiger partial charge in [-0.05, 0) is 12.6 Å². The number of benzene rings is 2. The summed E-state index contributed by atoms with van der Waals surface area (Å²) in [7, 11) is 3.24. The van der Waals surface area contributed by atoms with Crippen molar-refractivity contribution in [3.8, 4) is 0 Å². The van der Waals surface area contributed by atoms with Crippen molar-refractivity contribution in [2.24, 2.45) is 0 Å². The van der Waals surface area contributed by atoms with Gasteiger partial charge in [-0.3, -0.25) is 0 Å². The van der Waals surface area contributed by atoms with Gasteiger partial charge in [0.25, 0.3) is 0 Å². The number of hydrogen-bond acceptors (Lipinski definition) is 5. The van der Waals surface area contributed by atoms with E-state index in [2.05, 4.69) is 10.3 Å². The molecule has 0 aliphatic heterocycles. The normalized spacial score (nSPS) is 8.23. The second kappa shape index (κ2) is 21.8. The summed E-state index contributed by atoms with van der Waals surface area (Å²) >= 11 is 1.64. The Labute approximate surface area is 244 Å². The average molecular weight is 991 g/mol. The molecule has 169 valence electrons. The number of methoxy groups -OCH3 is 2. The average Bonchev–Trinajstić information content (AvgIpc) is 3.01. The molecular weight excluding hydrogens is 966 g/mol. The van der Waals surface area contributed by atoms with Crippen LogP contribution >= 0.6 is 11.3 Å². The topological polar surface area (TPSA) is 67.2 Å². The molecule has 0 atom stereocenters. The molecule has 0 aliphatic rings. The van der Waals surface area contributed by atoms with Crippen molar-refractivity contribution in [3.63, 3.8) is 0 Å². The van der Waals surface area contributed by atoms with E-state index in [4.69, 9.17) is 15.2 Å². The number of ether oxygens (including phenoxy) is 2. The van der Waals surface area contributed by atoms with Crippen LogP contribution in [0, 0.1) is 27.6 Å². The van der Waals surface area contributed by atoms with E-state index in [0.29, 0.717) is 5.69 Å². The van der Waals surface area contributed by atoms with Crippen molar-refractivity contribution in [2.75, 3.05) is 19.5 Å². The summed E-state index contributed by atoms with van der Waals surface area (Å²) < 4.78 is 9.75. The van der Waals surface area contributed by atoms with Crippen LogP contribution in [0.15, 0.2) is 54.7 Å². The van der Waals surface area contributed by atoms with Gasteiger partial charge in [0.2, 0.25) is 0 Å². The maximum Gasteiger partial charge on any atom is 2.00 e. The van der Waals surface area contributed by atoms with Gasteiger partial charge in [-0.15, -0.1) is 35.6 Å². The molecule has 0 aliphatic carbocycles. The summed E-state index contributed by atoms with van der Waals surface area (Å²) in [5, 5.41) is 4.16. The van der Waals surface area contributed by atoms with Crippen LogP contribution in [0.1, 0.15) is 16.0 Å². The molecule has 2 aromatic carbocycles. The van der Waals surface area contributed by atoms with Crippen LogP contribution in [0.5, 0.6) is 0 Å². The van der Waals surface area contributed by atoms with Crippen LogP contribution in [0.4, 0.5) is 16.5 Å². The maximum absolute atomic E-state index is 7.24. The Balaban J connectivity index is -0.000000217. The number of anilines is 2. The minimum Gasteiger partial charge on any atom is -0.709 e. The van der Waals surface area contributed by atoms with E-state index in [1.54, 1.807) is 50.9 Å². The van der Waals surface area contributed by atoms with E-state index in [-0.39, 0.29) is 87.9 Å². The Bertz CT molecular complexity index is 829. The van der Waals surface area contributed by atoms with Crippen molar-refractivity contribution in [3.05, 3.63) is 97.1 Å². The van der Waals surface area contributed by atoms with Gasteiger partial charge in [-0.1, -0.05) is 19.3 Å². The summed E-state index contributed by atoms with van der Waals surface area (Å²) in [6.07, 6.45) is 1.86. The summed E-state index contributed by atoms with van der Waals surface area (Å²) in [5.41, 5.74) is 10.7. The van der Waals surface area contributed by atoms with E-state index < -0.39 is 0 Å². The van der Waals surface area contributed by atoms with Crippen LogP contribution in [-0.2, 0) is 89.9 Å². The standard InChI is InChI=1S/C12H13N2OS.C8H9NO.CH3.2Re.V.W/c1-9-7-13-12(16-9)14-11-5-3-4-10(6-11)8-15-2;1-10-6-7-3-2-4-8(9)5-7;;;;;/h3-8H,1-2H3,(H,13,14);2-6,9H,1H3;1H3;;;;/q-1;-2;-1;;;;+2. The van der Waals surface area contributed by atoms with E-state index >= 15 is 0 Å². The monoisotopic (exact) mass is 992 g/mol. The number of thiazole rings is 1. The quantitative estimate of drug-likeness (QED) is 0.294. The van der Waals surface area contributed by atoms with Gasteiger partial charge in [0, 0.05) is 84.7 Å². The summed E-state index contributed by atoms with van der Waals surface area (Å²) in [6, 6.07) is 15.2. The number of nitrogens with zero attached hydrogens (tertiary/aromatic N) is 1. The molecule has 0 amide bonds. The largest absolute Gasteiger partial charge is 2.00 e. The van der Waals surface area contributed by atoms with Gasteiger partial charge in [0.15, 0.2) is 5.13 Å². The Morgan fingerprint density at radius 2 is 1.52 bits per heavy atom. The molecule has 31 heavy (non-hydrogen) atoms. The van der Waals surface area contributed by atoms with Gasteiger partial charge in [0.05, 0.1) is 0 Å². The van der Waals surface area contributed by atoms with Crippen LogP contribution in [0.2, 0.25) is 0 Å². The van der Waals surface area contributed by atoms with Crippen molar-refractivity contribution < 1.29 is 89.9 Å². The third kappa shape index (κ3) is 15.4. The third-order valence-electron chi connectivity index (χ3n) is 3.15. The first-order valence-corrected chi connectivity index (χ1v) is 8.75. The van der Waals surface area contributed by atoms with Gasteiger partial charge < -0.3 is 28.0 Å². The molecule has 0 spiro atoms. The molecule has 0 saturated heterocycles. The Morgan fingerprint density at radius 3 is 2.00 bits per heavy atom. The zero-order valence-electron chi connectivity index (χ0n) is 17.6. The predicted octanol–water partition coefficient (Wildman–Crippen LogP) is 6.32. The Kier molecular flexibility index (Phi) is 26.8. The SMILES string of the molecule is CO[CH-]c1cccc(Nc2ncc(C)s2)c1.CO[CH-]c1cccc([NH-])c1.[CH3-].[Re].[Re].[V].[W+2]. The number of aromatic nitrogens is 1. The zero-order chi connectivity index (χ0) is 18.8. The molecule has 0 fully saturated rings. The summed E-state index contributed by atoms with van der Waals surface area (Å²) in [6.45, 7) is 5.36. The number of rotatable bonds is 6. The molecule has 5 nitrogen and oxygen atoms in total. The van der Waals surface area contributed by atoms with Gasteiger partial charge >= 0.3 is 21.1 Å². The number of nitrogens with one attached hydrogen (secondary N) is 2. The van der Waals surface area contributed by atoms with Crippen LogP contribution in [0.25, 0.3) is 5.73 Å².